The molecule has 8 heterocycles. The van der Waals surface area contributed by atoms with Crippen molar-refractivity contribution in [1.29, 1.82) is 0 Å². The zero-order chi connectivity index (χ0) is 34.2. The van der Waals surface area contributed by atoms with Crippen LogP contribution in [-0.2, 0) is 9.59 Å². The summed E-state index contributed by atoms with van der Waals surface area (Å²) in [6.45, 7) is 5.19. The van der Waals surface area contributed by atoms with Gasteiger partial charge in [0.25, 0.3) is 0 Å². The third kappa shape index (κ3) is 6.72. The van der Waals surface area contributed by atoms with Crippen LogP contribution in [0.3, 0.4) is 0 Å². The van der Waals surface area contributed by atoms with E-state index >= 15 is 0 Å². The summed E-state index contributed by atoms with van der Waals surface area (Å²) in [5.74, 6) is 4.36. The number of Topliss-reactive ketones (excluding diaryl/α,β-unsaturated/α-hetero) is 1. The van der Waals surface area contributed by atoms with E-state index in [1.165, 1.54) is 87.6 Å². The molecular weight excluding hydrogens is 655 g/mol. The summed E-state index contributed by atoms with van der Waals surface area (Å²) < 4.78 is 12.8. The molecule has 2 aromatic carbocycles. The third-order valence-corrected chi connectivity index (χ3v) is 14.3. The SMILES string of the molecule is COc1ccc2cc(C(=O)CC3C4CCN(CC4)C34CC4)sc2c1.COc1ccc2ccsc2c1.NC1C2CCN(CC2)C12CC2.O=C=O. The van der Waals surface area contributed by atoms with E-state index in [0.717, 1.165) is 44.7 Å². The number of rotatable bonds is 5. The standard InChI is InChI=1S/C20H23NO2S.C9H16N2.C9H8OS.CO2/c1-23-15-3-2-14-10-19(24-18(14)11-15)17(22)12-16-13-4-8-21(9-5-13)20(16)6-7-20;10-8-7-1-5-11(6-2-7)9(8)3-4-9;1-10-8-3-2-7-4-5-11-9(7)6-8;2-1-3/h2-3,10-11,13,16H,4-9,12H2,1H3;7-8H,1-6,10H2;2-6H,1H3;. The Morgan fingerprint density at radius 1 is 0.796 bits per heavy atom. The maximum Gasteiger partial charge on any atom is 0.373 e. The number of hydrogen-bond donors (Lipinski definition) is 1. The quantitative estimate of drug-likeness (QED) is 0.217. The molecular formula is C39H47N3O5S2. The van der Waals surface area contributed by atoms with Crippen LogP contribution in [0.15, 0.2) is 53.9 Å². The van der Waals surface area contributed by atoms with Crippen LogP contribution in [0, 0.1) is 17.8 Å². The number of piperidine rings is 6. The number of ether oxygens (including phenoxy) is 2. The van der Waals surface area contributed by atoms with Crippen LogP contribution in [0.25, 0.3) is 20.2 Å². The van der Waals surface area contributed by atoms with Crippen molar-refractivity contribution in [3.63, 3.8) is 0 Å². The molecule has 4 aromatic rings. The van der Waals surface area contributed by atoms with E-state index in [1.54, 1.807) is 36.9 Å². The average Bonchev–Trinajstić information content (AvgIpc) is 4.01. The van der Waals surface area contributed by atoms with Crippen LogP contribution < -0.4 is 15.2 Å². The molecule has 0 radical (unpaired) electrons. The summed E-state index contributed by atoms with van der Waals surface area (Å²) >= 11 is 3.36. The molecule has 2 saturated carbocycles. The lowest BCUT2D eigenvalue weighted by Crippen LogP contribution is -2.63. The van der Waals surface area contributed by atoms with Crippen molar-refractivity contribution >= 4 is 54.8 Å². The first-order valence-corrected chi connectivity index (χ1v) is 19.4. The number of carbonyl (C=O) groups is 1. The van der Waals surface area contributed by atoms with Gasteiger partial charge in [0.2, 0.25) is 0 Å². The van der Waals surface area contributed by atoms with Gasteiger partial charge in [0, 0.05) is 32.9 Å². The third-order valence-electron chi connectivity index (χ3n) is 12.3. The summed E-state index contributed by atoms with van der Waals surface area (Å²) in [5, 5.41) is 4.53. The molecule has 8 aliphatic rings. The van der Waals surface area contributed by atoms with Gasteiger partial charge in [-0.05, 0) is 160 Å². The highest BCUT2D eigenvalue weighted by Gasteiger charge is 2.60. The number of nitrogens with two attached hydrogens (primary N) is 1. The minimum absolute atomic E-state index is 0.250. The second-order valence-corrected chi connectivity index (χ2v) is 16.6. The molecule has 49 heavy (non-hydrogen) atoms. The van der Waals surface area contributed by atoms with Gasteiger partial charge in [-0.2, -0.15) is 9.59 Å². The number of carbonyl (C=O) groups excluding carboxylic acids is 3. The van der Waals surface area contributed by atoms with Crippen LogP contribution in [-0.4, -0.2) is 79.3 Å². The van der Waals surface area contributed by atoms with Crippen LogP contribution in [0.4, 0.5) is 0 Å². The fourth-order valence-electron chi connectivity index (χ4n) is 9.36. The molecule has 8 nitrogen and oxygen atoms in total. The Bertz CT molecular complexity index is 1800. The highest BCUT2D eigenvalue weighted by Crippen LogP contribution is 2.58. The Hall–Kier alpha value is -3.11. The fraction of sp³-hybridized carbons (Fsp3) is 0.538. The van der Waals surface area contributed by atoms with Crippen molar-refractivity contribution in [2.45, 2.75) is 74.9 Å². The Morgan fingerprint density at radius 2 is 1.35 bits per heavy atom. The second-order valence-electron chi connectivity index (χ2n) is 14.5. The number of hydrogen-bond acceptors (Lipinski definition) is 10. The van der Waals surface area contributed by atoms with E-state index in [-0.39, 0.29) is 6.15 Å². The van der Waals surface area contributed by atoms with Gasteiger partial charge >= 0.3 is 6.15 Å². The van der Waals surface area contributed by atoms with E-state index in [9.17, 15) is 4.79 Å². The lowest BCUT2D eigenvalue weighted by molar-refractivity contribution is -0.191. The van der Waals surface area contributed by atoms with Gasteiger partial charge in [-0.15, -0.1) is 22.7 Å². The van der Waals surface area contributed by atoms with E-state index in [4.69, 9.17) is 24.8 Å². The van der Waals surface area contributed by atoms with Crippen molar-refractivity contribution in [2.75, 3.05) is 40.4 Å². The summed E-state index contributed by atoms with van der Waals surface area (Å²) in [7, 11) is 3.37. The summed E-state index contributed by atoms with van der Waals surface area (Å²) in [6.07, 6.45) is 11.7. The molecule has 260 valence electrons. The van der Waals surface area contributed by atoms with E-state index in [2.05, 4.69) is 45.5 Å². The Labute approximate surface area is 296 Å². The van der Waals surface area contributed by atoms with Gasteiger partial charge in [0.1, 0.15) is 11.5 Å². The van der Waals surface area contributed by atoms with Crippen LogP contribution in [0.5, 0.6) is 11.5 Å². The smallest absolute Gasteiger partial charge is 0.373 e. The van der Waals surface area contributed by atoms with E-state index in [1.807, 2.05) is 18.2 Å². The van der Waals surface area contributed by atoms with Crippen LogP contribution >= 0.6 is 22.7 Å². The van der Waals surface area contributed by atoms with Crippen molar-refractivity contribution in [1.82, 2.24) is 9.80 Å². The molecule has 6 aliphatic heterocycles. The number of thiophene rings is 2. The van der Waals surface area contributed by atoms with Gasteiger partial charge in [-0.3, -0.25) is 14.6 Å². The van der Waals surface area contributed by atoms with Crippen molar-refractivity contribution in [2.24, 2.45) is 23.5 Å². The highest BCUT2D eigenvalue weighted by atomic mass is 32.1. The topological polar surface area (TPSA) is 102 Å². The van der Waals surface area contributed by atoms with Gasteiger partial charge in [-0.25, -0.2) is 0 Å². The van der Waals surface area contributed by atoms with Crippen LogP contribution in [0.2, 0.25) is 0 Å². The zero-order valence-electron chi connectivity index (χ0n) is 28.5. The lowest BCUT2D eigenvalue weighted by atomic mass is 9.70. The number of methoxy groups -OCH3 is 2. The number of fused-ring (bicyclic) bond motifs is 6. The zero-order valence-corrected chi connectivity index (χ0v) is 30.2. The fourth-order valence-corrected chi connectivity index (χ4v) is 11.2. The predicted octanol–water partition coefficient (Wildman–Crippen LogP) is 7.26. The molecule has 2 aromatic heterocycles. The molecule has 2 N–H and O–H groups in total. The highest BCUT2D eigenvalue weighted by molar-refractivity contribution is 7.20. The molecule has 10 heteroatoms. The first kappa shape index (κ1) is 34.3. The predicted molar refractivity (Wildman–Crippen MR) is 195 cm³/mol. The molecule has 8 fully saturated rings. The minimum Gasteiger partial charge on any atom is -0.497 e. The second kappa shape index (κ2) is 14.3. The largest absolute Gasteiger partial charge is 0.497 e. The van der Waals surface area contributed by atoms with Crippen molar-refractivity contribution < 1.29 is 23.9 Å². The van der Waals surface area contributed by atoms with Gasteiger partial charge in [0.15, 0.2) is 5.78 Å². The van der Waals surface area contributed by atoms with E-state index < -0.39 is 0 Å². The lowest BCUT2D eigenvalue weighted by Gasteiger charge is -2.52. The molecule has 2 atom stereocenters. The molecule has 2 spiro atoms. The number of nitrogens with zero attached hydrogens (tertiary/aromatic N) is 2. The number of benzene rings is 2. The molecule has 0 amide bonds. The summed E-state index contributed by atoms with van der Waals surface area (Å²) in [5.41, 5.74) is 7.13. The first-order valence-electron chi connectivity index (χ1n) is 17.7. The number of ketones is 1. The minimum atomic E-state index is 0.250. The molecule has 4 bridgehead atoms. The normalized spacial score (nSPS) is 28.7. The Morgan fingerprint density at radius 3 is 1.90 bits per heavy atom. The average molecular weight is 702 g/mol. The van der Waals surface area contributed by atoms with Gasteiger partial charge in [-0.1, -0.05) is 0 Å². The van der Waals surface area contributed by atoms with Gasteiger partial charge < -0.3 is 15.2 Å². The van der Waals surface area contributed by atoms with Crippen molar-refractivity contribution in [3.05, 3.63) is 58.8 Å². The maximum absolute atomic E-state index is 13.0. The molecule has 2 aliphatic carbocycles. The van der Waals surface area contributed by atoms with Crippen molar-refractivity contribution in [3.8, 4) is 11.5 Å². The Balaban J connectivity index is 0.000000125. The monoisotopic (exact) mass is 701 g/mol. The van der Waals surface area contributed by atoms with Gasteiger partial charge in [0.05, 0.1) is 19.1 Å². The maximum atomic E-state index is 13.0. The molecule has 12 rings (SSSR count). The van der Waals surface area contributed by atoms with Crippen LogP contribution in [0.1, 0.15) is 67.5 Å². The molecule has 6 saturated heterocycles. The molecule has 2 unspecified atom stereocenters. The first-order chi connectivity index (χ1) is 23.8. The summed E-state index contributed by atoms with van der Waals surface area (Å²) in [6, 6.07) is 16.9. The van der Waals surface area contributed by atoms with E-state index in [0.29, 0.717) is 28.8 Å². The summed E-state index contributed by atoms with van der Waals surface area (Å²) in [4.78, 5) is 35.5. The Kier molecular flexibility index (Phi) is 9.99.